The van der Waals surface area contributed by atoms with Crippen LogP contribution in [0.4, 0.5) is 9.93 Å². The minimum atomic E-state index is -0.268. The number of thiazole rings is 1. The average molecular weight is 387 g/mol. The summed E-state index contributed by atoms with van der Waals surface area (Å²) in [7, 11) is 0. The Balaban J connectivity index is 1.85. The number of nitrogens with one attached hydrogen (secondary N) is 2. The molecule has 3 aromatic rings. The van der Waals surface area contributed by atoms with Gasteiger partial charge in [-0.05, 0) is 48.9 Å². The van der Waals surface area contributed by atoms with E-state index in [-0.39, 0.29) is 6.03 Å². The molecule has 0 atom stereocenters. The summed E-state index contributed by atoms with van der Waals surface area (Å²) in [6.45, 7) is 2.42. The molecule has 138 valence electrons. The quantitative estimate of drug-likeness (QED) is 0.640. The zero-order valence-corrected chi connectivity index (χ0v) is 16.0. The highest BCUT2D eigenvalue weighted by atomic mass is 32.1. The summed E-state index contributed by atoms with van der Waals surface area (Å²) >= 11 is 1.43. The molecule has 0 radical (unpaired) electrons. The smallest absolute Gasteiger partial charge is 0.321 e. The number of benzene rings is 1. The van der Waals surface area contributed by atoms with Crippen molar-refractivity contribution >= 4 is 44.5 Å². The van der Waals surface area contributed by atoms with Gasteiger partial charge in [0, 0.05) is 30.1 Å². The third-order valence-electron chi connectivity index (χ3n) is 4.04. The number of aliphatic imine (C=N–C) groups is 1. The number of anilines is 1. The maximum atomic E-state index is 11.9. The Morgan fingerprint density at radius 3 is 3.04 bits per heavy atom. The number of allylic oxidation sites excluding steroid dienone is 3. The predicted octanol–water partition coefficient (Wildman–Crippen LogP) is 4.64. The van der Waals surface area contributed by atoms with Crippen LogP contribution in [0.25, 0.3) is 27.0 Å². The van der Waals surface area contributed by atoms with Crippen LogP contribution in [0.15, 0.2) is 65.6 Å². The second kappa shape index (κ2) is 8.00. The highest BCUT2D eigenvalue weighted by Crippen LogP contribution is 2.36. The molecular weight excluding hydrogens is 370 g/mol. The highest BCUT2D eigenvalue weighted by Gasteiger charge is 2.15. The first-order valence-corrected chi connectivity index (χ1v) is 9.62. The number of amides is 2. The minimum absolute atomic E-state index is 0.268. The van der Waals surface area contributed by atoms with Crippen molar-refractivity contribution in [3.63, 3.8) is 0 Å². The molecule has 1 aliphatic rings. The second-order valence-electron chi connectivity index (χ2n) is 5.95. The van der Waals surface area contributed by atoms with Crippen molar-refractivity contribution in [1.82, 2.24) is 15.3 Å². The number of rotatable bonds is 4. The SMILES string of the molecule is CCNC(=O)Nc1nc2cc(C3=CC=C=CN=C3)cc(-c3ccccn3)c2s1. The summed E-state index contributed by atoms with van der Waals surface area (Å²) in [5.74, 6) is 0. The van der Waals surface area contributed by atoms with Gasteiger partial charge in [-0.3, -0.25) is 15.3 Å². The van der Waals surface area contributed by atoms with E-state index in [1.54, 1.807) is 18.6 Å². The zero-order valence-electron chi connectivity index (χ0n) is 15.1. The fourth-order valence-corrected chi connectivity index (χ4v) is 3.79. The summed E-state index contributed by atoms with van der Waals surface area (Å²) in [6.07, 6.45) is 8.97. The van der Waals surface area contributed by atoms with Gasteiger partial charge in [0.25, 0.3) is 0 Å². The van der Waals surface area contributed by atoms with Crippen LogP contribution in [0, 0.1) is 0 Å². The zero-order chi connectivity index (χ0) is 19.3. The number of nitrogens with zero attached hydrogens (tertiary/aromatic N) is 3. The predicted molar refractivity (Wildman–Crippen MR) is 115 cm³/mol. The summed E-state index contributed by atoms with van der Waals surface area (Å²) in [6, 6.07) is 9.61. The van der Waals surface area contributed by atoms with Crippen LogP contribution in [-0.4, -0.2) is 28.8 Å². The molecule has 7 heteroatoms. The summed E-state index contributed by atoms with van der Waals surface area (Å²) < 4.78 is 0.967. The van der Waals surface area contributed by atoms with Crippen molar-refractivity contribution in [3.05, 3.63) is 66.2 Å². The third kappa shape index (κ3) is 3.76. The number of hydrogen-bond donors (Lipinski definition) is 2. The van der Waals surface area contributed by atoms with Gasteiger partial charge in [-0.25, -0.2) is 9.78 Å². The van der Waals surface area contributed by atoms with Crippen molar-refractivity contribution < 1.29 is 4.79 Å². The molecule has 1 aliphatic heterocycles. The third-order valence-corrected chi connectivity index (χ3v) is 5.06. The summed E-state index contributed by atoms with van der Waals surface area (Å²) in [4.78, 5) is 25.2. The van der Waals surface area contributed by atoms with E-state index in [0.717, 1.165) is 32.6 Å². The fourth-order valence-electron chi connectivity index (χ4n) is 2.82. The van der Waals surface area contributed by atoms with Gasteiger partial charge in [-0.15, -0.1) is 5.73 Å². The first-order valence-electron chi connectivity index (χ1n) is 8.80. The Morgan fingerprint density at radius 2 is 2.21 bits per heavy atom. The van der Waals surface area contributed by atoms with Crippen LogP contribution in [0.5, 0.6) is 0 Å². The Kier molecular flexibility index (Phi) is 5.10. The van der Waals surface area contributed by atoms with Crippen LogP contribution in [0.2, 0.25) is 0 Å². The van der Waals surface area contributed by atoms with E-state index in [1.165, 1.54) is 11.3 Å². The molecule has 6 nitrogen and oxygen atoms in total. The van der Waals surface area contributed by atoms with Gasteiger partial charge < -0.3 is 5.32 Å². The molecular formula is C21H17N5OS. The molecule has 0 unspecified atom stereocenters. The van der Waals surface area contributed by atoms with Crippen molar-refractivity contribution in [2.75, 3.05) is 11.9 Å². The van der Waals surface area contributed by atoms with Crippen molar-refractivity contribution in [2.45, 2.75) is 6.92 Å². The van der Waals surface area contributed by atoms with Gasteiger partial charge in [0.15, 0.2) is 5.13 Å². The van der Waals surface area contributed by atoms with Crippen LogP contribution >= 0.6 is 11.3 Å². The number of hydrogen-bond acceptors (Lipinski definition) is 5. The van der Waals surface area contributed by atoms with Gasteiger partial charge in [-0.1, -0.05) is 17.4 Å². The standard InChI is InChI=1S/C21H17N5OS/c1-2-23-20(27)26-21-25-18-12-15(14-7-3-5-9-22-13-14)11-16(19(18)28-21)17-8-4-6-10-24-17/h3-4,6-13H,2H2,1H3,(H2,23,25,26,27). The Bertz CT molecular complexity index is 1150. The van der Waals surface area contributed by atoms with E-state index >= 15 is 0 Å². The van der Waals surface area contributed by atoms with Gasteiger partial charge in [0.05, 0.1) is 22.1 Å². The maximum absolute atomic E-state index is 11.9. The molecule has 28 heavy (non-hydrogen) atoms. The Hall–Kier alpha value is -3.54. The first kappa shape index (κ1) is 17.9. The number of aromatic nitrogens is 2. The largest absolute Gasteiger partial charge is 0.338 e. The van der Waals surface area contributed by atoms with E-state index in [9.17, 15) is 4.79 Å². The minimum Gasteiger partial charge on any atom is -0.338 e. The number of pyridine rings is 1. The molecule has 2 amide bonds. The Labute approximate surface area is 166 Å². The van der Waals surface area contributed by atoms with Crippen molar-refractivity contribution in [3.8, 4) is 11.3 Å². The lowest BCUT2D eigenvalue weighted by Crippen LogP contribution is -2.28. The molecule has 2 aromatic heterocycles. The number of carbonyl (C=O) groups is 1. The lowest BCUT2D eigenvalue weighted by Gasteiger charge is -2.07. The van der Waals surface area contributed by atoms with Crippen LogP contribution in [0.1, 0.15) is 12.5 Å². The molecule has 0 bridgehead atoms. The number of urea groups is 1. The lowest BCUT2D eigenvalue weighted by atomic mass is 10.0. The number of fused-ring (bicyclic) bond motifs is 1. The lowest BCUT2D eigenvalue weighted by molar-refractivity contribution is 0.252. The maximum Gasteiger partial charge on any atom is 0.321 e. The summed E-state index contributed by atoms with van der Waals surface area (Å²) in [5, 5.41) is 6.05. The number of carbonyl (C=O) groups excluding carboxylic acids is 1. The molecule has 0 fully saturated rings. The van der Waals surface area contributed by atoms with Gasteiger partial charge in [-0.2, -0.15) is 0 Å². The highest BCUT2D eigenvalue weighted by molar-refractivity contribution is 7.22. The van der Waals surface area contributed by atoms with E-state index in [1.807, 2.05) is 43.3 Å². The summed E-state index contributed by atoms with van der Waals surface area (Å²) in [5.41, 5.74) is 7.50. The van der Waals surface area contributed by atoms with Crippen molar-refractivity contribution in [2.24, 2.45) is 4.99 Å². The van der Waals surface area contributed by atoms with Crippen LogP contribution in [0.3, 0.4) is 0 Å². The molecule has 0 spiro atoms. The van der Waals surface area contributed by atoms with Crippen LogP contribution < -0.4 is 10.6 Å². The van der Waals surface area contributed by atoms with E-state index < -0.39 is 0 Å². The van der Waals surface area contributed by atoms with Crippen molar-refractivity contribution in [1.29, 1.82) is 0 Å². The molecule has 0 aliphatic carbocycles. The average Bonchev–Trinajstić information content (AvgIpc) is 2.92. The topological polar surface area (TPSA) is 79.3 Å². The molecule has 3 heterocycles. The first-order chi connectivity index (χ1) is 13.7. The fraction of sp³-hybridized carbons (Fsp3) is 0.0952. The molecule has 4 rings (SSSR count). The van der Waals surface area contributed by atoms with E-state index in [0.29, 0.717) is 11.7 Å². The normalized spacial score (nSPS) is 12.7. The van der Waals surface area contributed by atoms with Crippen LogP contribution in [-0.2, 0) is 0 Å². The van der Waals surface area contributed by atoms with Gasteiger partial charge in [0.1, 0.15) is 0 Å². The molecule has 2 N–H and O–H groups in total. The van der Waals surface area contributed by atoms with E-state index in [4.69, 9.17) is 0 Å². The molecule has 1 aromatic carbocycles. The van der Waals surface area contributed by atoms with Gasteiger partial charge in [0.2, 0.25) is 0 Å². The van der Waals surface area contributed by atoms with E-state index in [2.05, 4.69) is 37.4 Å². The monoisotopic (exact) mass is 387 g/mol. The Morgan fingerprint density at radius 1 is 1.29 bits per heavy atom. The second-order valence-corrected chi connectivity index (χ2v) is 6.95. The molecule has 0 saturated heterocycles. The van der Waals surface area contributed by atoms with Gasteiger partial charge >= 0.3 is 6.03 Å². The molecule has 0 saturated carbocycles.